The second kappa shape index (κ2) is 8.69. The topological polar surface area (TPSA) is 70.9 Å². The van der Waals surface area contributed by atoms with Crippen LogP contribution in [0.3, 0.4) is 0 Å². The van der Waals surface area contributed by atoms with Gasteiger partial charge in [0.15, 0.2) is 0 Å². The van der Waals surface area contributed by atoms with Crippen molar-refractivity contribution in [2.75, 3.05) is 12.0 Å². The number of carboxylic acids is 1. The highest BCUT2D eigenvalue weighted by molar-refractivity contribution is 6.81. The van der Waals surface area contributed by atoms with Gasteiger partial charge in [-0.2, -0.15) is 5.10 Å². The lowest BCUT2D eigenvalue weighted by Crippen LogP contribution is -2.08. The van der Waals surface area contributed by atoms with Gasteiger partial charge in [0, 0.05) is 6.07 Å². The van der Waals surface area contributed by atoms with Crippen molar-refractivity contribution in [2.45, 2.75) is 0 Å². The van der Waals surface area contributed by atoms with Gasteiger partial charge in [-0.3, -0.25) is 5.43 Å². The van der Waals surface area contributed by atoms with Crippen molar-refractivity contribution in [3.05, 3.63) is 66.0 Å². The van der Waals surface area contributed by atoms with Crippen LogP contribution in [-0.2, 0) is 4.79 Å². The lowest BCUT2D eigenvalue weighted by molar-refractivity contribution is -0.129. The first-order valence-electron chi connectivity index (χ1n) is 6.92. The monoisotopic (exact) mass is 348 g/mol. The third kappa shape index (κ3) is 5.40. The Kier molecular flexibility index (Phi) is 6.33. The summed E-state index contributed by atoms with van der Waals surface area (Å²) in [5.74, 6) is -1.60. The van der Waals surface area contributed by atoms with Gasteiger partial charge in [0.05, 0.1) is 0 Å². The molecule has 0 amide bonds. The van der Waals surface area contributed by atoms with Crippen LogP contribution in [0.5, 0.6) is 5.75 Å². The van der Waals surface area contributed by atoms with Crippen LogP contribution in [0, 0.1) is 5.82 Å². The summed E-state index contributed by atoms with van der Waals surface area (Å²) in [5.41, 5.74) is 3.57. The smallest absolute Gasteiger partial charge is 0.368 e. The first kappa shape index (κ1) is 17.5. The Morgan fingerprint density at radius 3 is 2.75 bits per heavy atom. The molecule has 24 heavy (non-hydrogen) atoms. The van der Waals surface area contributed by atoms with Crippen molar-refractivity contribution in [1.82, 2.24) is 0 Å². The minimum Gasteiger partial charge on any atom is -0.487 e. The molecule has 0 heterocycles. The van der Waals surface area contributed by atoms with Gasteiger partial charge in [0.1, 0.15) is 23.9 Å². The average molecular weight is 349 g/mol. The number of carbonyl (C=O) groups is 1. The fourth-order valence-corrected chi connectivity index (χ4v) is 1.80. The SMILES string of the molecule is O=C(O)C(Cl)=NNc1cc(F)ccc1OC/C=C/c1ccccc1. The first-order chi connectivity index (χ1) is 11.6. The average Bonchev–Trinajstić information content (AvgIpc) is 2.58. The molecule has 0 bridgehead atoms. The van der Waals surface area contributed by atoms with Crippen molar-refractivity contribution < 1.29 is 19.0 Å². The van der Waals surface area contributed by atoms with Crippen LogP contribution in [0.2, 0.25) is 0 Å². The summed E-state index contributed by atoms with van der Waals surface area (Å²) in [7, 11) is 0. The maximum Gasteiger partial charge on any atom is 0.368 e. The standard InChI is InChI=1S/C17H14ClFN2O3/c18-16(17(22)23)21-20-14-11-13(19)8-9-15(14)24-10-4-7-12-5-2-1-3-6-12/h1-9,11,20H,10H2,(H,22,23)/b7-4+,21-16?. The van der Waals surface area contributed by atoms with Crippen molar-refractivity contribution in [1.29, 1.82) is 0 Å². The molecule has 124 valence electrons. The molecule has 0 aliphatic carbocycles. The van der Waals surface area contributed by atoms with E-state index < -0.39 is 17.0 Å². The molecule has 0 unspecified atom stereocenters. The molecule has 0 aliphatic heterocycles. The number of rotatable bonds is 7. The molecule has 0 spiro atoms. The van der Waals surface area contributed by atoms with Gasteiger partial charge < -0.3 is 9.84 Å². The van der Waals surface area contributed by atoms with E-state index in [1.807, 2.05) is 36.4 Å². The van der Waals surface area contributed by atoms with Crippen LogP contribution in [0.15, 0.2) is 59.7 Å². The number of anilines is 1. The van der Waals surface area contributed by atoms with Gasteiger partial charge in [-0.15, -0.1) is 0 Å². The van der Waals surface area contributed by atoms with E-state index in [1.165, 1.54) is 12.1 Å². The number of aliphatic carboxylic acids is 1. The maximum atomic E-state index is 13.3. The molecule has 2 aromatic rings. The highest BCUT2D eigenvalue weighted by Crippen LogP contribution is 2.25. The Balaban J connectivity index is 2.03. The predicted molar refractivity (Wildman–Crippen MR) is 91.9 cm³/mol. The molecule has 0 saturated heterocycles. The zero-order chi connectivity index (χ0) is 17.4. The van der Waals surface area contributed by atoms with E-state index in [0.29, 0.717) is 5.75 Å². The van der Waals surface area contributed by atoms with Gasteiger partial charge in [-0.25, -0.2) is 9.18 Å². The van der Waals surface area contributed by atoms with Crippen molar-refractivity contribution in [2.24, 2.45) is 5.10 Å². The summed E-state index contributed by atoms with van der Waals surface area (Å²) in [6.45, 7) is 0.242. The Labute approximate surface area is 143 Å². The normalized spacial score (nSPS) is 11.5. The molecule has 2 rings (SSSR count). The summed E-state index contributed by atoms with van der Waals surface area (Å²) in [5, 5.41) is 11.4. The van der Waals surface area contributed by atoms with E-state index in [0.717, 1.165) is 11.6 Å². The number of hydrogen-bond donors (Lipinski definition) is 2. The number of hydrazone groups is 1. The van der Waals surface area contributed by atoms with E-state index in [9.17, 15) is 9.18 Å². The number of benzene rings is 2. The number of halogens is 2. The predicted octanol–water partition coefficient (Wildman–Crippen LogP) is 3.97. The van der Waals surface area contributed by atoms with Crippen LogP contribution in [-0.4, -0.2) is 22.9 Å². The van der Waals surface area contributed by atoms with Crippen molar-refractivity contribution in [3.8, 4) is 5.75 Å². The Bertz CT molecular complexity index is 764. The maximum absolute atomic E-state index is 13.3. The highest BCUT2D eigenvalue weighted by Gasteiger charge is 2.08. The number of ether oxygens (including phenoxy) is 1. The summed E-state index contributed by atoms with van der Waals surface area (Å²) < 4.78 is 18.9. The number of nitrogens with one attached hydrogen (secondary N) is 1. The number of nitrogens with zero attached hydrogens (tertiary/aromatic N) is 1. The van der Waals surface area contributed by atoms with Gasteiger partial charge in [-0.05, 0) is 23.8 Å². The van der Waals surface area contributed by atoms with E-state index in [-0.39, 0.29) is 12.3 Å². The molecule has 0 atom stereocenters. The van der Waals surface area contributed by atoms with Gasteiger partial charge in [-0.1, -0.05) is 48.0 Å². The largest absolute Gasteiger partial charge is 0.487 e. The second-order valence-electron chi connectivity index (χ2n) is 4.58. The molecule has 2 N–H and O–H groups in total. The molecule has 0 fully saturated rings. The minimum absolute atomic E-state index is 0.169. The van der Waals surface area contributed by atoms with Crippen molar-refractivity contribution in [3.63, 3.8) is 0 Å². The molecule has 0 radical (unpaired) electrons. The van der Waals surface area contributed by atoms with Crippen LogP contribution in [0.1, 0.15) is 5.56 Å². The van der Waals surface area contributed by atoms with Crippen LogP contribution < -0.4 is 10.2 Å². The third-order valence-corrected chi connectivity index (χ3v) is 3.08. The third-order valence-electron chi connectivity index (χ3n) is 2.84. The van der Waals surface area contributed by atoms with Gasteiger partial charge in [0.2, 0.25) is 5.17 Å². The molecular weight excluding hydrogens is 335 g/mol. The molecule has 2 aromatic carbocycles. The molecule has 7 heteroatoms. The van der Waals surface area contributed by atoms with Crippen LogP contribution in [0.4, 0.5) is 10.1 Å². The first-order valence-corrected chi connectivity index (χ1v) is 7.30. The van der Waals surface area contributed by atoms with Crippen LogP contribution in [0.25, 0.3) is 6.08 Å². The minimum atomic E-state index is -1.39. The quantitative estimate of drug-likeness (QED) is 0.586. The summed E-state index contributed by atoms with van der Waals surface area (Å²) >= 11 is 5.39. The fraction of sp³-hybridized carbons (Fsp3) is 0.0588. The Morgan fingerprint density at radius 1 is 1.29 bits per heavy atom. The van der Waals surface area contributed by atoms with Gasteiger partial charge in [0.25, 0.3) is 0 Å². The lowest BCUT2D eigenvalue weighted by atomic mass is 10.2. The molecule has 0 aliphatic rings. The number of hydrogen-bond acceptors (Lipinski definition) is 4. The van der Waals surface area contributed by atoms with Crippen LogP contribution >= 0.6 is 11.6 Å². The zero-order valence-corrected chi connectivity index (χ0v) is 13.2. The van der Waals surface area contributed by atoms with E-state index in [4.69, 9.17) is 21.4 Å². The van der Waals surface area contributed by atoms with Gasteiger partial charge >= 0.3 is 5.97 Å². The molecule has 5 nitrogen and oxygen atoms in total. The van der Waals surface area contributed by atoms with E-state index in [2.05, 4.69) is 10.5 Å². The molecule has 0 saturated carbocycles. The number of carboxylic acid groups (broad SMARTS) is 1. The van der Waals surface area contributed by atoms with E-state index in [1.54, 1.807) is 6.08 Å². The summed E-state index contributed by atoms with van der Waals surface area (Å²) in [6, 6.07) is 13.4. The second-order valence-corrected chi connectivity index (χ2v) is 4.94. The summed E-state index contributed by atoms with van der Waals surface area (Å²) in [6.07, 6.45) is 3.69. The Hall–Kier alpha value is -2.86. The molecule has 0 aromatic heterocycles. The Morgan fingerprint density at radius 2 is 2.04 bits per heavy atom. The zero-order valence-electron chi connectivity index (χ0n) is 12.4. The lowest BCUT2D eigenvalue weighted by Gasteiger charge is -2.09. The van der Waals surface area contributed by atoms with Crippen molar-refractivity contribution >= 4 is 34.5 Å². The fourth-order valence-electron chi connectivity index (χ4n) is 1.76. The highest BCUT2D eigenvalue weighted by atomic mass is 35.5. The molecular formula is C17H14ClFN2O3. The van der Waals surface area contributed by atoms with E-state index >= 15 is 0 Å². The summed E-state index contributed by atoms with van der Waals surface area (Å²) in [4.78, 5) is 10.6.